The normalized spacial score (nSPS) is 15.5. The summed E-state index contributed by atoms with van der Waals surface area (Å²) >= 11 is 9.23. The minimum Gasteiger partial charge on any atom is -0.369 e. The zero-order valence-electron chi connectivity index (χ0n) is 12.7. The molecule has 2 aromatic rings. The number of nitro groups is 1. The zero-order valence-corrected chi connectivity index (χ0v) is 15.1. The molecule has 1 heterocycles. The molecule has 7 heteroatoms. The van der Waals surface area contributed by atoms with Crippen LogP contribution in [0.4, 0.5) is 15.8 Å². The molecule has 0 unspecified atom stereocenters. The van der Waals surface area contributed by atoms with Crippen LogP contribution in [-0.2, 0) is 0 Å². The summed E-state index contributed by atoms with van der Waals surface area (Å²) in [6.45, 7) is 1.37. The fourth-order valence-corrected chi connectivity index (χ4v) is 3.60. The molecule has 0 amide bonds. The number of hydrogen-bond donors (Lipinski definition) is 0. The van der Waals surface area contributed by atoms with Crippen LogP contribution >= 0.6 is 27.5 Å². The first-order chi connectivity index (χ1) is 11.5. The summed E-state index contributed by atoms with van der Waals surface area (Å²) in [5.74, 6) is -0.279. The Balaban J connectivity index is 1.74. The Morgan fingerprint density at radius 2 is 1.79 bits per heavy atom. The lowest BCUT2D eigenvalue weighted by Crippen LogP contribution is -2.33. The molecule has 0 spiro atoms. The monoisotopic (exact) mass is 412 g/mol. The van der Waals surface area contributed by atoms with E-state index in [2.05, 4.69) is 28.1 Å². The van der Waals surface area contributed by atoms with Gasteiger partial charge in [0.2, 0.25) is 0 Å². The zero-order chi connectivity index (χ0) is 17.3. The van der Waals surface area contributed by atoms with E-state index in [1.165, 1.54) is 17.7 Å². The molecule has 3 rings (SSSR count). The molecule has 1 aliphatic rings. The number of benzene rings is 2. The van der Waals surface area contributed by atoms with Crippen LogP contribution in [0.15, 0.2) is 40.9 Å². The van der Waals surface area contributed by atoms with Gasteiger partial charge in [-0.2, -0.15) is 0 Å². The Kier molecular flexibility index (Phi) is 5.06. The molecule has 2 aromatic carbocycles. The van der Waals surface area contributed by atoms with Crippen LogP contribution in [0.25, 0.3) is 0 Å². The fraction of sp³-hybridized carbons (Fsp3) is 0.294. The third kappa shape index (κ3) is 3.39. The first kappa shape index (κ1) is 17.2. The first-order valence-corrected chi connectivity index (χ1v) is 8.77. The van der Waals surface area contributed by atoms with Crippen molar-refractivity contribution in [3.05, 3.63) is 67.4 Å². The highest BCUT2D eigenvalue weighted by atomic mass is 79.9. The smallest absolute Gasteiger partial charge is 0.291 e. The van der Waals surface area contributed by atoms with Gasteiger partial charge in [-0.25, -0.2) is 4.39 Å². The number of nitro benzene ring substituents is 1. The minimum atomic E-state index is -0.715. The van der Waals surface area contributed by atoms with Crippen LogP contribution in [0.2, 0.25) is 5.02 Å². The maximum absolute atomic E-state index is 14.4. The highest BCUT2D eigenvalue weighted by Crippen LogP contribution is 2.36. The van der Waals surface area contributed by atoms with Crippen LogP contribution in [0.5, 0.6) is 0 Å². The van der Waals surface area contributed by atoms with E-state index in [0.717, 1.165) is 17.3 Å². The van der Waals surface area contributed by atoms with Crippen LogP contribution in [0.1, 0.15) is 24.3 Å². The van der Waals surface area contributed by atoms with Crippen molar-refractivity contribution in [3.63, 3.8) is 0 Å². The van der Waals surface area contributed by atoms with Crippen molar-refractivity contribution < 1.29 is 9.31 Å². The van der Waals surface area contributed by atoms with Gasteiger partial charge >= 0.3 is 0 Å². The summed E-state index contributed by atoms with van der Waals surface area (Å²) in [5.41, 5.74) is 1.21. The van der Waals surface area contributed by atoms with E-state index in [9.17, 15) is 14.5 Å². The molecule has 24 heavy (non-hydrogen) atoms. The topological polar surface area (TPSA) is 46.4 Å². The summed E-state index contributed by atoms with van der Waals surface area (Å²) in [6.07, 6.45) is 1.80. The second-order valence-electron chi connectivity index (χ2n) is 5.80. The van der Waals surface area contributed by atoms with E-state index in [-0.39, 0.29) is 0 Å². The maximum Gasteiger partial charge on any atom is 0.291 e. The second kappa shape index (κ2) is 7.07. The SMILES string of the molecule is O=[N+]([O-])c1ccc(N2CCC(c3ccc(Br)cc3)CC2)c(F)c1Cl. The number of nitrogens with zero attached hydrogens (tertiary/aromatic N) is 2. The Hall–Kier alpha value is -1.66. The van der Waals surface area contributed by atoms with Crippen molar-refractivity contribution >= 4 is 38.9 Å². The quantitative estimate of drug-likeness (QED) is 0.491. The van der Waals surface area contributed by atoms with Crippen molar-refractivity contribution in [3.8, 4) is 0 Å². The van der Waals surface area contributed by atoms with Gasteiger partial charge in [0.05, 0.1) is 10.6 Å². The Labute approximate surface area is 152 Å². The van der Waals surface area contributed by atoms with E-state index in [4.69, 9.17) is 11.6 Å². The third-order valence-corrected chi connectivity index (χ3v) is 5.30. The van der Waals surface area contributed by atoms with Crippen LogP contribution in [-0.4, -0.2) is 18.0 Å². The lowest BCUT2D eigenvalue weighted by molar-refractivity contribution is -0.384. The molecule has 0 aliphatic carbocycles. The van der Waals surface area contributed by atoms with Crippen molar-refractivity contribution in [2.45, 2.75) is 18.8 Å². The van der Waals surface area contributed by atoms with E-state index < -0.39 is 21.5 Å². The predicted molar refractivity (Wildman–Crippen MR) is 96.4 cm³/mol. The number of halogens is 3. The van der Waals surface area contributed by atoms with Gasteiger partial charge in [-0.05, 0) is 42.5 Å². The summed E-state index contributed by atoms with van der Waals surface area (Å²) in [7, 11) is 0. The van der Waals surface area contributed by atoms with Crippen molar-refractivity contribution in [1.82, 2.24) is 0 Å². The summed E-state index contributed by atoms with van der Waals surface area (Å²) in [4.78, 5) is 12.1. The van der Waals surface area contributed by atoms with Gasteiger partial charge in [0.15, 0.2) is 10.8 Å². The largest absolute Gasteiger partial charge is 0.369 e. The Bertz CT molecular complexity index is 762. The Morgan fingerprint density at radius 3 is 2.38 bits per heavy atom. The molecule has 0 aromatic heterocycles. The lowest BCUT2D eigenvalue weighted by atomic mass is 9.89. The van der Waals surface area contributed by atoms with Crippen LogP contribution < -0.4 is 4.90 Å². The van der Waals surface area contributed by atoms with E-state index >= 15 is 0 Å². The fourth-order valence-electron chi connectivity index (χ4n) is 3.10. The predicted octanol–water partition coefficient (Wildman–Crippen LogP) is 5.53. The highest BCUT2D eigenvalue weighted by molar-refractivity contribution is 9.10. The van der Waals surface area contributed by atoms with Crippen molar-refractivity contribution in [2.24, 2.45) is 0 Å². The van der Waals surface area contributed by atoms with Crippen LogP contribution in [0, 0.1) is 15.9 Å². The number of anilines is 1. The molecule has 0 atom stereocenters. The number of rotatable bonds is 3. The molecule has 4 nitrogen and oxygen atoms in total. The summed E-state index contributed by atoms with van der Waals surface area (Å²) in [5, 5.41) is 10.4. The molecule has 126 valence electrons. The maximum atomic E-state index is 14.4. The standard InChI is InChI=1S/C17H15BrClFN2O2/c18-13-3-1-11(2-4-13)12-7-9-21(10-8-12)15-6-5-14(22(23)24)16(19)17(15)20/h1-6,12H,7-10H2. The van der Waals surface area contributed by atoms with Gasteiger partial charge in [0, 0.05) is 23.6 Å². The molecule has 1 saturated heterocycles. The average Bonchev–Trinajstić information content (AvgIpc) is 2.58. The van der Waals surface area contributed by atoms with Gasteiger partial charge in [-0.1, -0.05) is 39.7 Å². The van der Waals surface area contributed by atoms with Gasteiger partial charge in [-0.3, -0.25) is 10.1 Å². The van der Waals surface area contributed by atoms with E-state index in [1.807, 2.05) is 17.0 Å². The molecule has 1 aliphatic heterocycles. The average molecular weight is 414 g/mol. The summed E-state index contributed by atoms with van der Waals surface area (Å²) < 4.78 is 15.4. The van der Waals surface area contributed by atoms with Gasteiger partial charge in [0.25, 0.3) is 5.69 Å². The molecule has 0 N–H and O–H groups in total. The van der Waals surface area contributed by atoms with E-state index in [0.29, 0.717) is 24.7 Å². The summed E-state index contributed by atoms with van der Waals surface area (Å²) in [6, 6.07) is 11.0. The van der Waals surface area contributed by atoms with Gasteiger partial charge < -0.3 is 4.90 Å². The van der Waals surface area contributed by atoms with Gasteiger partial charge in [-0.15, -0.1) is 0 Å². The first-order valence-electron chi connectivity index (χ1n) is 7.60. The third-order valence-electron chi connectivity index (χ3n) is 4.42. The molecular formula is C17H15BrClFN2O2. The second-order valence-corrected chi connectivity index (χ2v) is 7.10. The highest BCUT2D eigenvalue weighted by Gasteiger charge is 2.26. The molecule has 0 bridgehead atoms. The molecule has 1 fully saturated rings. The minimum absolute atomic E-state index is 0.333. The lowest BCUT2D eigenvalue weighted by Gasteiger charge is -2.34. The van der Waals surface area contributed by atoms with Crippen molar-refractivity contribution in [1.29, 1.82) is 0 Å². The van der Waals surface area contributed by atoms with Gasteiger partial charge in [0.1, 0.15) is 0 Å². The molecule has 0 radical (unpaired) electrons. The van der Waals surface area contributed by atoms with Crippen molar-refractivity contribution in [2.75, 3.05) is 18.0 Å². The van der Waals surface area contributed by atoms with E-state index in [1.54, 1.807) is 0 Å². The molecule has 0 saturated carbocycles. The number of hydrogen-bond acceptors (Lipinski definition) is 3. The Morgan fingerprint density at radius 1 is 1.17 bits per heavy atom. The molecular weight excluding hydrogens is 399 g/mol. The number of piperidine rings is 1. The van der Waals surface area contributed by atoms with Crippen LogP contribution in [0.3, 0.4) is 0 Å².